The van der Waals surface area contributed by atoms with Gasteiger partial charge in [0.05, 0.1) is 37.9 Å². The van der Waals surface area contributed by atoms with Crippen LogP contribution in [0.1, 0.15) is 88.3 Å². The molecule has 0 unspecified atom stereocenters. The quantitative estimate of drug-likeness (QED) is 0.0415. The molecule has 9 aromatic rings. The smallest absolute Gasteiger partial charge is 0.304 e. The summed E-state index contributed by atoms with van der Waals surface area (Å²) in [5, 5.41) is 33.7. The van der Waals surface area contributed by atoms with Gasteiger partial charge in [-0.2, -0.15) is 0 Å². The predicted molar refractivity (Wildman–Crippen MR) is 306 cm³/mol. The second kappa shape index (κ2) is 24.2. The molecule has 6 heterocycles. The molecule has 6 N–H and O–H groups in total. The largest absolute Gasteiger partial charge is 0.480 e. The van der Waals surface area contributed by atoms with Crippen LogP contribution in [0.15, 0.2) is 142 Å². The molecule has 6 aromatic heterocycles. The number of aromatic amines is 3. The van der Waals surface area contributed by atoms with E-state index in [0.717, 1.165) is 82.8 Å². The number of allylic oxidation sites excluding steroid dienone is 6. The van der Waals surface area contributed by atoms with Crippen LogP contribution in [0.4, 0.5) is 0 Å². The van der Waals surface area contributed by atoms with Crippen molar-refractivity contribution < 1.29 is 29.8 Å². The van der Waals surface area contributed by atoms with Crippen molar-refractivity contribution in [3.8, 4) is 17.6 Å². The van der Waals surface area contributed by atoms with E-state index in [1.54, 1.807) is 0 Å². The molecule has 18 nitrogen and oxygen atoms in total. The number of hydrogen-bond acceptors (Lipinski definition) is 12. The van der Waals surface area contributed by atoms with Crippen LogP contribution in [0.5, 0.6) is 17.6 Å². The van der Waals surface area contributed by atoms with Crippen molar-refractivity contribution in [3.05, 3.63) is 226 Å². The Labute approximate surface area is 449 Å². The fourth-order valence-corrected chi connectivity index (χ4v) is 8.64. The van der Waals surface area contributed by atoms with Gasteiger partial charge in [-0.1, -0.05) is 128 Å². The fraction of sp³-hybridized carbons (Fsp3) is 0.200. The van der Waals surface area contributed by atoms with E-state index in [1.165, 1.54) is 42.1 Å². The minimum atomic E-state index is -0.550. The molecule has 0 aliphatic rings. The number of nitrogens with one attached hydrogen (secondary N) is 3. The zero-order chi connectivity index (χ0) is 56.5. The molecule has 0 spiro atoms. The van der Waals surface area contributed by atoms with Crippen LogP contribution in [0, 0.1) is 20.8 Å². The summed E-state index contributed by atoms with van der Waals surface area (Å²) in [6.45, 7) is 22.1. The number of methoxy groups -OCH3 is 3. The highest BCUT2D eigenvalue weighted by molar-refractivity contribution is 5.93. The third kappa shape index (κ3) is 12.1. The molecule has 0 aliphatic heterocycles. The Morgan fingerprint density at radius 3 is 0.974 bits per heavy atom. The summed E-state index contributed by atoms with van der Waals surface area (Å²) < 4.78 is 17.6. The lowest BCUT2D eigenvalue weighted by Gasteiger charge is -2.11. The SMILES string of the molecule is C=C(C)C=Cc1cccc2c(Cc3c(OC)nc(C)c(=O)n3O)c[nH]c12.C=C(C)C=Cc1cccc2c(Cc3c(OC)nc(C)c(=O)n3O)c[nH]c12.C=C(C)C=Cc1cccc2c(Cc3c(OC)nc(C)c(=O)n3O)c[nH]c12. The Balaban J connectivity index is 0.000000170. The van der Waals surface area contributed by atoms with E-state index >= 15 is 0 Å². The molecule has 0 atom stereocenters. The standard InChI is InChI=1S/3C20H21N3O3/c3*1-12(2)8-9-14-6-5-7-16-15(11-21-18(14)16)10-17-19(26-4)22-13(3)20(24)23(17)25/h3*5-9,11,21,25H,1,10H2,2-4H3. The van der Waals surface area contributed by atoms with Gasteiger partial charge < -0.3 is 44.8 Å². The lowest BCUT2D eigenvalue weighted by atomic mass is 10.0. The van der Waals surface area contributed by atoms with Crippen LogP contribution in [-0.4, -0.2) is 81.0 Å². The number of aryl methyl sites for hydroxylation is 3. The Morgan fingerprint density at radius 2 is 0.744 bits per heavy atom. The molecular weight excluding hydrogens is 991 g/mol. The van der Waals surface area contributed by atoms with Crippen LogP contribution in [-0.2, 0) is 19.3 Å². The Morgan fingerprint density at radius 1 is 0.487 bits per heavy atom. The summed E-state index contributed by atoms with van der Waals surface area (Å²) in [5.74, 6) is 0.701. The van der Waals surface area contributed by atoms with Crippen molar-refractivity contribution in [2.24, 2.45) is 0 Å². The van der Waals surface area contributed by atoms with Gasteiger partial charge in [0.2, 0.25) is 17.6 Å². The number of benzene rings is 3. The van der Waals surface area contributed by atoms with E-state index in [4.69, 9.17) is 14.2 Å². The lowest BCUT2D eigenvalue weighted by molar-refractivity contribution is 0.158. The third-order valence-corrected chi connectivity index (χ3v) is 12.6. The van der Waals surface area contributed by atoms with Crippen molar-refractivity contribution in [2.75, 3.05) is 21.3 Å². The van der Waals surface area contributed by atoms with Crippen LogP contribution in [0.2, 0.25) is 0 Å². The van der Waals surface area contributed by atoms with Gasteiger partial charge in [0, 0.05) is 54.0 Å². The number of fused-ring (bicyclic) bond motifs is 3. The van der Waals surface area contributed by atoms with E-state index in [0.29, 0.717) is 50.5 Å². The second-order valence-corrected chi connectivity index (χ2v) is 18.6. The van der Waals surface area contributed by atoms with Gasteiger partial charge in [-0.25, -0.2) is 15.0 Å². The normalized spacial score (nSPS) is 11.3. The molecule has 0 bridgehead atoms. The van der Waals surface area contributed by atoms with E-state index in [1.807, 2.05) is 130 Å². The number of rotatable bonds is 15. The van der Waals surface area contributed by atoms with Crippen LogP contribution in [0.3, 0.4) is 0 Å². The van der Waals surface area contributed by atoms with Crippen molar-refractivity contribution >= 4 is 50.9 Å². The molecule has 0 fully saturated rings. The predicted octanol–water partition coefficient (Wildman–Crippen LogP) is 10.4. The summed E-state index contributed by atoms with van der Waals surface area (Å²) >= 11 is 0. The Bertz CT molecular complexity index is 3630. The average molecular weight is 1050 g/mol. The molecule has 18 heteroatoms. The molecule has 0 aliphatic carbocycles. The summed E-state index contributed by atoms with van der Waals surface area (Å²) in [4.78, 5) is 58.3. The fourth-order valence-electron chi connectivity index (χ4n) is 8.64. The molecule has 9 rings (SSSR count). The van der Waals surface area contributed by atoms with E-state index in [2.05, 4.69) is 49.6 Å². The van der Waals surface area contributed by atoms with Gasteiger partial charge >= 0.3 is 16.7 Å². The maximum Gasteiger partial charge on any atom is 0.304 e. The van der Waals surface area contributed by atoms with Gasteiger partial charge in [0.25, 0.3) is 0 Å². The number of para-hydroxylation sites is 3. The summed E-state index contributed by atoms with van der Waals surface area (Å²) in [7, 11) is 4.39. The molecule has 0 saturated heterocycles. The number of H-pyrrole nitrogens is 3. The van der Waals surface area contributed by atoms with E-state index in [9.17, 15) is 30.0 Å². The first kappa shape index (κ1) is 55.9. The minimum Gasteiger partial charge on any atom is -0.480 e. The second-order valence-electron chi connectivity index (χ2n) is 18.6. The van der Waals surface area contributed by atoms with Crippen molar-refractivity contribution in [1.82, 2.24) is 44.1 Å². The van der Waals surface area contributed by atoms with E-state index < -0.39 is 16.7 Å². The van der Waals surface area contributed by atoms with Crippen molar-refractivity contribution in [2.45, 2.75) is 60.8 Å². The average Bonchev–Trinajstić information content (AvgIpc) is 4.24. The lowest BCUT2D eigenvalue weighted by Crippen LogP contribution is -2.26. The van der Waals surface area contributed by atoms with Crippen LogP contribution >= 0.6 is 0 Å². The number of aromatic nitrogens is 9. The van der Waals surface area contributed by atoms with Crippen LogP contribution in [0.25, 0.3) is 50.9 Å². The van der Waals surface area contributed by atoms with Gasteiger partial charge in [-0.3, -0.25) is 14.4 Å². The summed E-state index contributed by atoms with van der Waals surface area (Å²) in [6.07, 6.45) is 18.4. The number of nitrogens with zero attached hydrogens (tertiary/aromatic N) is 6. The molecule has 402 valence electrons. The maximum absolute atomic E-state index is 12.0. The number of ether oxygens (including phenoxy) is 3. The third-order valence-electron chi connectivity index (χ3n) is 12.6. The molecule has 3 aromatic carbocycles. The molecule has 78 heavy (non-hydrogen) atoms. The zero-order valence-corrected chi connectivity index (χ0v) is 45.1. The first-order valence-corrected chi connectivity index (χ1v) is 24.6. The highest BCUT2D eigenvalue weighted by Gasteiger charge is 2.21. The Hall–Kier alpha value is -9.84. The number of hydrogen-bond donors (Lipinski definition) is 6. The van der Waals surface area contributed by atoms with E-state index in [-0.39, 0.29) is 34.7 Å². The van der Waals surface area contributed by atoms with Crippen molar-refractivity contribution in [3.63, 3.8) is 0 Å². The summed E-state index contributed by atoms with van der Waals surface area (Å²) in [6, 6.07) is 17.9. The molecule has 0 radical (unpaired) electrons. The Kier molecular flexibility index (Phi) is 17.4. The van der Waals surface area contributed by atoms with Crippen LogP contribution < -0.4 is 30.9 Å². The van der Waals surface area contributed by atoms with Gasteiger partial charge in [-0.05, 0) is 74.9 Å². The maximum atomic E-state index is 12.0. The first-order valence-electron chi connectivity index (χ1n) is 24.6. The highest BCUT2D eigenvalue weighted by Crippen LogP contribution is 2.30. The zero-order valence-electron chi connectivity index (χ0n) is 45.1. The molecule has 0 amide bonds. The van der Waals surface area contributed by atoms with Gasteiger partial charge in [0.1, 0.15) is 34.2 Å². The van der Waals surface area contributed by atoms with Crippen molar-refractivity contribution in [1.29, 1.82) is 0 Å². The molecular formula is C60H63N9O9. The first-order chi connectivity index (χ1) is 37.3. The van der Waals surface area contributed by atoms with Gasteiger partial charge in [0.15, 0.2) is 0 Å². The highest BCUT2D eigenvalue weighted by atomic mass is 16.5. The summed E-state index contributed by atoms with van der Waals surface area (Å²) in [5.41, 5.74) is 11.5. The van der Waals surface area contributed by atoms with Gasteiger partial charge in [-0.15, -0.1) is 14.2 Å². The molecule has 0 saturated carbocycles. The minimum absolute atomic E-state index is 0.180. The topological polar surface area (TPSA) is 240 Å². The monoisotopic (exact) mass is 1050 g/mol.